The molecule has 0 aromatic carbocycles. The van der Waals surface area contributed by atoms with Crippen molar-refractivity contribution >= 4 is 24.8 Å². The first-order chi connectivity index (χ1) is 6.85. The van der Waals surface area contributed by atoms with Gasteiger partial charge in [0.1, 0.15) is 6.33 Å². The third-order valence-electron chi connectivity index (χ3n) is 2.81. The van der Waals surface area contributed by atoms with Crippen LogP contribution in [0.4, 0.5) is 0 Å². The summed E-state index contributed by atoms with van der Waals surface area (Å²) in [6.07, 6.45) is 2.65. The lowest BCUT2D eigenvalue weighted by molar-refractivity contribution is 0.264. The molecule has 0 radical (unpaired) electrons. The van der Waals surface area contributed by atoms with E-state index in [1.165, 1.54) is 11.3 Å². The second kappa shape index (κ2) is 7.01. The van der Waals surface area contributed by atoms with Crippen LogP contribution in [0.3, 0.4) is 0 Å². The summed E-state index contributed by atoms with van der Waals surface area (Å²) in [7, 11) is 0. The Labute approximate surface area is 108 Å². The number of hydrogen-bond donors (Lipinski definition) is 1. The average molecular weight is 265 g/mol. The highest BCUT2D eigenvalue weighted by molar-refractivity contribution is 5.85. The molecule has 6 heteroatoms. The molecule has 1 aliphatic heterocycles. The van der Waals surface area contributed by atoms with Gasteiger partial charge in [0.2, 0.25) is 0 Å². The summed E-state index contributed by atoms with van der Waals surface area (Å²) >= 11 is 0. The zero-order valence-corrected chi connectivity index (χ0v) is 11.0. The number of hydrogen-bond acceptors (Lipinski definition) is 4. The molecule has 4 nitrogen and oxygen atoms in total. The van der Waals surface area contributed by atoms with Gasteiger partial charge in [-0.3, -0.25) is 4.90 Å². The van der Waals surface area contributed by atoms with Crippen molar-refractivity contribution < 1.29 is 0 Å². The molecule has 0 aliphatic carbocycles. The molecule has 16 heavy (non-hydrogen) atoms. The van der Waals surface area contributed by atoms with Gasteiger partial charge in [0.25, 0.3) is 0 Å². The van der Waals surface area contributed by atoms with Gasteiger partial charge in [-0.05, 0) is 6.54 Å². The van der Waals surface area contributed by atoms with Crippen molar-refractivity contribution in [1.29, 1.82) is 0 Å². The lowest BCUT2D eigenvalue weighted by Crippen LogP contribution is -2.32. The highest BCUT2D eigenvalue weighted by atomic mass is 35.5. The summed E-state index contributed by atoms with van der Waals surface area (Å²) in [6, 6.07) is 0. The van der Waals surface area contributed by atoms with Gasteiger partial charge in [-0.2, -0.15) is 0 Å². The van der Waals surface area contributed by atoms with Crippen molar-refractivity contribution in [1.82, 2.24) is 14.9 Å². The number of fused-ring (bicyclic) bond motifs is 1. The Morgan fingerprint density at radius 2 is 2.12 bits per heavy atom. The van der Waals surface area contributed by atoms with Gasteiger partial charge < -0.3 is 5.73 Å². The number of aromatic nitrogens is 2. The second-order valence-corrected chi connectivity index (χ2v) is 3.57. The molecule has 1 aliphatic rings. The van der Waals surface area contributed by atoms with Crippen LogP contribution in [-0.4, -0.2) is 28.0 Å². The topological polar surface area (TPSA) is 55.0 Å². The maximum atomic E-state index is 5.65. The number of likely N-dealkylation sites (N-methyl/N-ethyl adjacent to an activating group) is 1. The normalized spacial score (nSPS) is 14.6. The van der Waals surface area contributed by atoms with Gasteiger partial charge in [0.15, 0.2) is 0 Å². The third-order valence-corrected chi connectivity index (χ3v) is 2.81. The standard InChI is InChI=1S/C10H16N4.2ClH/c1-2-14-4-3-9-8(6-14)10(5-11)13-7-12-9;;/h7H,2-6,11H2,1H3;2*1H. The van der Waals surface area contributed by atoms with Crippen LogP contribution in [0.15, 0.2) is 6.33 Å². The van der Waals surface area contributed by atoms with Gasteiger partial charge in [0, 0.05) is 37.3 Å². The highest BCUT2D eigenvalue weighted by Crippen LogP contribution is 2.18. The maximum Gasteiger partial charge on any atom is 0.116 e. The molecule has 0 saturated carbocycles. The third kappa shape index (κ3) is 3.04. The predicted molar refractivity (Wildman–Crippen MR) is 69.1 cm³/mol. The first kappa shape index (κ1) is 15.6. The SMILES string of the molecule is CCN1CCc2ncnc(CN)c2C1.Cl.Cl. The molecule has 2 heterocycles. The first-order valence-electron chi connectivity index (χ1n) is 5.09. The Hall–Kier alpha value is -0.420. The molecular weight excluding hydrogens is 247 g/mol. The van der Waals surface area contributed by atoms with Gasteiger partial charge >= 0.3 is 0 Å². The van der Waals surface area contributed by atoms with Crippen LogP contribution in [0.2, 0.25) is 0 Å². The molecule has 0 unspecified atom stereocenters. The van der Waals surface area contributed by atoms with Crippen LogP contribution in [0, 0.1) is 0 Å². The Morgan fingerprint density at radius 1 is 1.38 bits per heavy atom. The quantitative estimate of drug-likeness (QED) is 0.871. The molecule has 1 aromatic rings. The fourth-order valence-electron chi connectivity index (χ4n) is 1.90. The van der Waals surface area contributed by atoms with Crippen LogP contribution in [0.1, 0.15) is 23.9 Å². The second-order valence-electron chi connectivity index (χ2n) is 3.57. The van der Waals surface area contributed by atoms with Gasteiger partial charge in [-0.1, -0.05) is 6.92 Å². The lowest BCUT2D eigenvalue weighted by Gasteiger charge is -2.27. The monoisotopic (exact) mass is 264 g/mol. The van der Waals surface area contributed by atoms with Crippen molar-refractivity contribution in [2.75, 3.05) is 13.1 Å². The number of nitrogens with zero attached hydrogens (tertiary/aromatic N) is 3. The molecule has 0 spiro atoms. The van der Waals surface area contributed by atoms with Crippen molar-refractivity contribution in [3.05, 3.63) is 23.3 Å². The molecule has 0 saturated heterocycles. The van der Waals surface area contributed by atoms with Gasteiger partial charge in [-0.15, -0.1) is 24.8 Å². The average Bonchev–Trinajstić information content (AvgIpc) is 2.27. The summed E-state index contributed by atoms with van der Waals surface area (Å²) < 4.78 is 0. The van der Waals surface area contributed by atoms with Crippen molar-refractivity contribution in [3.8, 4) is 0 Å². The van der Waals surface area contributed by atoms with E-state index >= 15 is 0 Å². The maximum absolute atomic E-state index is 5.65. The van der Waals surface area contributed by atoms with E-state index in [1.807, 2.05) is 0 Å². The Balaban J connectivity index is 0.00000112. The number of rotatable bonds is 2. The molecule has 0 amide bonds. The van der Waals surface area contributed by atoms with Crippen LogP contribution >= 0.6 is 24.8 Å². The van der Waals surface area contributed by atoms with E-state index in [9.17, 15) is 0 Å². The fourth-order valence-corrected chi connectivity index (χ4v) is 1.90. The fraction of sp³-hybridized carbons (Fsp3) is 0.600. The van der Waals surface area contributed by atoms with Gasteiger partial charge in [-0.25, -0.2) is 9.97 Å². The minimum absolute atomic E-state index is 0. The lowest BCUT2D eigenvalue weighted by atomic mass is 10.0. The highest BCUT2D eigenvalue weighted by Gasteiger charge is 2.18. The Morgan fingerprint density at radius 3 is 2.75 bits per heavy atom. The van der Waals surface area contributed by atoms with E-state index < -0.39 is 0 Å². The molecule has 0 atom stereocenters. The molecule has 92 valence electrons. The molecule has 2 rings (SSSR count). The smallest absolute Gasteiger partial charge is 0.116 e. The van der Waals surface area contributed by atoms with E-state index in [4.69, 9.17) is 5.73 Å². The van der Waals surface area contributed by atoms with E-state index in [0.717, 1.165) is 31.7 Å². The number of halogens is 2. The van der Waals surface area contributed by atoms with Crippen LogP contribution in [-0.2, 0) is 19.5 Å². The van der Waals surface area contributed by atoms with Crippen LogP contribution in [0.5, 0.6) is 0 Å². The van der Waals surface area contributed by atoms with E-state index in [1.54, 1.807) is 6.33 Å². The van der Waals surface area contributed by atoms with Crippen LogP contribution < -0.4 is 5.73 Å². The largest absolute Gasteiger partial charge is 0.325 e. The summed E-state index contributed by atoms with van der Waals surface area (Å²) in [5.74, 6) is 0. The van der Waals surface area contributed by atoms with Gasteiger partial charge in [0.05, 0.1) is 5.69 Å². The first-order valence-corrected chi connectivity index (χ1v) is 5.09. The molecule has 1 aromatic heterocycles. The molecule has 0 bridgehead atoms. The zero-order chi connectivity index (χ0) is 9.97. The van der Waals surface area contributed by atoms with Crippen LogP contribution in [0.25, 0.3) is 0 Å². The van der Waals surface area contributed by atoms with E-state index in [-0.39, 0.29) is 24.8 Å². The number of nitrogens with two attached hydrogens (primary N) is 1. The summed E-state index contributed by atoms with van der Waals surface area (Å²) in [4.78, 5) is 10.9. The van der Waals surface area contributed by atoms with E-state index in [0.29, 0.717) is 6.54 Å². The Bertz CT molecular complexity index is 318. The summed E-state index contributed by atoms with van der Waals surface area (Å²) in [6.45, 7) is 5.83. The summed E-state index contributed by atoms with van der Waals surface area (Å²) in [5.41, 5.74) is 9.10. The van der Waals surface area contributed by atoms with Crippen molar-refractivity contribution in [3.63, 3.8) is 0 Å². The minimum Gasteiger partial charge on any atom is -0.325 e. The minimum atomic E-state index is 0. The molecule has 0 fully saturated rings. The van der Waals surface area contributed by atoms with E-state index in [2.05, 4.69) is 21.8 Å². The zero-order valence-electron chi connectivity index (χ0n) is 9.35. The summed E-state index contributed by atoms with van der Waals surface area (Å²) in [5, 5.41) is 0. The predicted octanol–water partition coefficient (Wildman–Crippen LogP) is 1.16. The molecular formula is C10H18Cl2N4. The van der Waals surface area contributed by atoms with Crippen molar-refractivity contribution in [2.45, 2.75) is 26.4 Å². The molecule has 2 N–H and O–H groups in total. The Kier molecular flexibility index (Phi) is 6.83. The van der Waals surface area contributed by atoms with Crippen molar-refractivity contribution in [2.24, 2.45) is 5.73 Å².